The first-order chi connectivity index (χ1) is 12.3. The van der Waals surface area contributed by atoms with Crippen molar-refractivity contribution < 1.29 is 4.79 Å². The summed E-state index contributed by atoms with van der Waals surface area (Å²) in [6.45, 7) is 6.26. The lowest BCUT2D eigenvalue weighted by atomic mass is 10.0. The Balaban J connectivity index is 1.81. The van der Waals surface area contributed by atoms with Crippen molar-refractivity contribution in [3.05, 3.63) is 75.4 Å². The Hall–Kier alpha value is -2.30. The van der Waals surface area contributed by atoms with Crippen LogP contribution in [0.4, 0.5) is 5.82 Å². The lowest BCUT2D eigenvalue weighted by Gasteiger charge is -2.08. The van der Waals surface area contributed by atoms with Crippen molar-refractivity contribution in [2.45, 2.75) is 26.7 Å². The van der Waals surface area contributed by atoms with E-state index < -0.39 is 0 Å². The molecule has 3 rings (SSSR count). The summed E-state index contributed by atoms with van der Waals surface area (Å²) in [5.41, 5.74) is 3.56. The summed E-state index contributed by atoms with van der Waals surface area (Å²) in [7, 11) is 0. The minimum absolute atomic E-state index is 0.289. The van der Waals surface area contributed by atoms with Gasteiger partial charge in [-0.2, -0.15) is 0 Å². The van der Waals surface area contributed by atoms with Gasteiger partial charge in [0.15, 0.2) is 5.82 Å². The van der Waals surface area contributed by atoms with E-state index in [9.17, 15) is 4.79 Å². The van der Waals surface area contributed by atoms with Gasteiger partial charge in [-0.3, -0.25) is 4.79 Å². The fourth-order valence-corrected chi connectivity index (χ4v) is 2.92. The molecule has 26 heavy (non-hydrogen) atoms. The zero-order valence-electron chi connectivity index (χ0n) is 14.8. The molecule has 1 amide bonds. The van der Waals surface area contributed by atoms with E-state index in [1.807, 2.05) is 25.1 Å². The SMILES string of the molecule is Cc1cc(NC(=O)c2ccc(Cl)c(Cl)c2)nn1-c1ccc(C(C)C)cc1. The van der Waals surface area contributed by atoms with Crippen LogP contribution in [0.25, 0.3) is 5.69 Å². The fourth-order valence-electron chi connectivity index (χ4n) is 2.62. The second kappa shape index (κ2) is 7.52. The quantitative estimate of drug-likeness (QED) is 0.608. The van der Waals surface area contributed by atoms with Gasteiger partial charge in [0.2, 0.25) is 0 Å². The van der Waals surface area contributed by atoms with Gasteiger partial charge in [-0.05, 0) is 48.7 Å². The summed E-state index contributed by atoms with van der Waals surface area (Å²) in [4.78, 5) is 12.4. The van der Waals surface area contributed by atoms with E-state index in [0.29, 0.717) is 27.3 Å². The first kappa shape index (κ1) is 18.5. The number of amides is 1. The van der Waals surface area contributed by atoms with Gasteiger partial charge in [0.25, 0.3) is 5.91 Å². The molecule has 0 saturated heterocycles. The summed E-state index contributed by atoms with van der Waals surface area (Å²) in [5, 5.41) is 8.03. The number of aromatic nitrogens is 2. The number of hydrogen-bond donors (Lipinski definition) is 1. The summed E-state index contributed by atoms with van der Waals surface area (Å²) in [6.07, 6.45) is 0. The first-order valence-corrected chi connectivity index (χ1v) is 9.04. The van der Waals surface area contributed by atoms with Crippen molar-refractivity contribution in [2.75, 3.05) is 5.32 Å². The number of nitrogens with one attached hydrogen (secondary N) is 1. The van der Waals surface area contributed by atoms with E-state index in [4.69, 9.17) is 23.2 Å². The molecule has 0 bridgehead atoms. The van der Waals surface area contributed by atoms with Crippen LogP contribution in [0.1, 0.15) is 41.4 Å². The van der Waals surface area contributed by atoms with Crippen LogP contribution in [-0.2, 0) is 0 Å². The van der Waals surface area contributed by atoms with Gasteiger partial charge in [0.05, 0.1) is 15.7 Å². The second-order valence-corrected chi connectivity index (χ2v) is 7.23. The highest BCUT2D eigenvalue weighted by molar-refractivity contribution is 6.42. The second-order valence-electron chi connectivity index (χ2n) is 6.41. The minimum Gasteiger partial charge on any atom is -0.305 e. The van der Waals surface area contributed by atoms with Crippen molar-refractivity contribution in [3.8, 4) is 5.69 Å². The molecule has 0 atom stereocenters. The molecule has 6 heteroatoms. The average Bonchev–Trinajstić information content (AvgIpc) is 2.97. The van der Waals surface area contributed by atoms with Gasteiger partial charge in [-0.15, -0.1) is 5.10 Å². The molecule has 1 aromatic heterocycles. The van der Waals surface area contributed by atoms with Crippen LogP contribution < -0.4 is 5.32 Å². The molecule has 0 aliphatic carbocycles. The summed E-state index contributed by atoms with van der Waals surface area (Å²) in [5.74, 6) is 0.665. The maximum Gasteiger partial charge on any atom is 0.256 e. The highest BCUT2D eigenvalue weighted by Crippen LogP contribution is 2.23. The number of anilines is 1. The van der Waals surface area contributed by atoms with Gasteiger partial charge in [-0.1, -0.05) is 49.2 Å². The lowest BCUT2D eigenvalue weighted by molar-refractivity contribution is 0.102. The third-order valence-corrected chi connectivity index (χ3v) is 4.85. The zero-order chi connectivity index (χ0) is 18.8. The number of hydrogen-bond acceptors (Lipinski definition) is 2. The molecular formula is C20H19Cl2N3O. The lowest BCUT2D eigenvalue weighted by Crippen LogP contribution is -2.12. The van der Waals surface area contributed by atoms with Crippen LogP contribution in [-0.4, -0.2) is 15.7 Å². The van der Waals surface area contributed by atoms with Crippen molar-refractivity contribution in [1.29, 1.82) is 0 Å². The third-order valence-electron chi connectivity index (χ3n) is 4.12. The van der Waals surface area contributed by atoms with Gasteiger partial charge < -0.3 is 5.32 Å². The summed E-state index contributed by atoms with van der Waals surface area (Å²) in [6, 6.07) is 14.8. The van der Waals surface area contributed by atoms with Crippen molar-refractivity contribution in [1.82, 2.24) is 9.78 Å². The molecular weight excluding hydrogens is 369 g/mol. The molecule has 1 N–H and O–H groups in total. The van der Waals surface area contributed by atoms with Crippen LogP contribution in [0.2, 0.25) is 10.0 Å². The smallest absolute Gasteiger partial charge is 0.256 e. The zero-order valence-corrected chi connectivity index (χ0v) is 16.3. The predicted molar refractivity (Wildman–Crippen MR) is 107 cm³/mol. The van der Waals surface area contributed by atoms with E-state index in [1.165, 1.54) is 11.6 Å². The minimum atomic E-state index is -0.289. The molecule has 134 valence electrons. The first-order valence-electron chi connectivity index (χ1n) is 8.28. The Labute approximate surface area is 162 Å². The molecule has 4 nitrogen and oxygen atoms in total. The monoisotopic (exact) mass is 387 g/mol. The Kier molecular flexibility index (Phi) is 5.35. The topological polar surface area (TPSA) is 46.9 Å². The molecule has 3 aromatic rings. The highest BCUT2D eigenvalue weighted by atomic mass is 35.5. The molecule has 0 unspecified atom stereocenters. The highest BCUT2D eigenvalue weighted by Gasteiger charge is 2.12. The van der Waals surface area contributed by atoms with Gasteiger partial charge in [-0.25, -0.2) is 4.68 Å². The number of nitrogens with zero attached hydrogens (tertiary/aromatic N) is 2. The largest absolute Gasteiger partial charge is 0.305 e. The number of halogens is 2. The molecule has 0 saturated carbocycles. The van der Waals surface area contributed by atoms with E-state index in [-0.39, 0.29) is 5.91 Å². The third kappa shape index (κ3) is 3.92. The van der Waals surface area contributed by atoms with E-state index in [2.05, 4.69) is 36.4 Å². The van der Waals surface area contributed by atoms with Gasteiger partial charge in [0.1, 0.15) is 0 Å². The Morgan fingerprint density at radius 2 is 1.73 bits per heavy atom. The molecule has 2 aromatic carbocycles. The van der Waals surface area contributed by atoms with Gasteiger partial charge in [0, 0.05) is 17.3 Å². The van der Waals surface area contributed by atoms with E-state index in [1.54, 1.807) is 16.8 Å². The van der Waals surface area contributed by atoms with Crippen molar-refractivity contribution in [2.24, 2.45) is 0 Å². The molecule has 1 heterocycles. The summed E-state index contributed by atoms with van der Waals surface area (Å²) >= 11 is 11.9. The predicted octanol–water partition coefficient (Wildman–Crippen LogP) is 5.86. The van der Waals surface area contributed by atoms with E-state index in [0.717, 1.165) is 11.4 Å². The van der Waals surface area contributed by atoms with Crippen molar-refractivity contribution >= 4 is 34.9 Å². The molecule has 0 spiro atoms. The standard InChI is InChI=1S/C20H19Cl2N3O/c1-12(2)14-4-7-16(8-5-14)25-13(3)10-19(24-25)23-20(26)15-6-9-17(21)18(22)11-15/h4-12H,1-3H3,(H,23,24,26). The number of benzene rings is 2. The van der Waals surface area contributed by atoms with Gasteiger partial charge >= 0.3 is 0 Å². The number of rotatable bonds is 4. The van der Waals surface area contributed by atoms with Crippen LogP contribution in [0, 0.1) is 6.92 Å². The number of carbonyl (C=O) groups is 1. The maximum absolute atomic E-state index is 12.4. The molecule has 0 aliphatic rings. The Morgan fingerprint density at radius 3 is 2.35 bits per heavy atom. The van der Waals surface area contributed by atoms with Crippen LogP contribution >= 0.6 is 23.2 Å². The van der Waals surface area contributed by atoms with Crippen molar-refractivity contribution in [3.63, 3.8) is 0 Å². The Morgan fingerprint density at radius 1 is 1.04 bits per heavy atom. The fraction of sp³-hybridized carbons (Fsp3) is 0.200. The maximum atomic E-state index is 12.4. The normalized spacial score (nSPS) is 11.0. The molecule has 0 fully saturated rings. The van der Waals surface area contributed by atoms with Crippen LogP contribution in [0.15, 0.2) is 48.5 Å². The number of carbonyl (C=O) groups excluding carboxylic acids is 1. The van der Waals surface area contributed by atoms with E-state index >= 15 is 0 Å². The molecule has 0 aliphatic heterocycles. The Bertz CT molecular complexity index is 946. The average molecular weight is 388 g/mol. The summed E-state index contributed by atoms with van der Waals surface area (Å²) < 4.78 is 1.80. The van der Waals surface area contributed by atoms with Crippen LogP contribution in [0.3, 0.4) is 0 Å². The molecule has 0 radical (unpaired) electrons. The number of aryl methyl sites for hydroxylation is 1. The van der Waals surface area contributed by atoms with Crippen LogP contribution in [0.5, 0.6) is 0 Å².